The van der Waals surface area contributed by atoms with Crippen LogP contribution in [0.4, 0.5) is 0 Å². The van der Waals surface area contributed by atoms with E-state index in [1.165, 1.54) is 11.1 Å². The Morgan fingerprint density at radius 3 is 2.55 bits per heavy atom. The highest BCUT2D eigenvalue weighted by atomic mass is 16.5. The molecule has 0 saturated heterocycles. The number of Topliss-reactive ketones (excluding diaryl/α,β-unsaturated/α-hetero) is 1. The minimum absolute atomic E-state index is 0.00692. The Balaban J connectivity index is 1.22. The van der Waals surface area contributed by atoms with Crippen LogP contribution in [0.25, 0.3) is 11.3 Å². The average Bonchev–Trinajstić information content (AvgIpc) is 3.40. The molecule has 0 amide bonds. The van der Waals surface area contributed by atoms with Crippen molar-refractivity contribution in [3.05, 3.63) is 71.9 Å². The van der Waals surface area contributed by atoms with Crippen LogP contribution in [0.5, 0.6) is 5.75 Å². The lowest BCUT2D eigenvalue weighted by molar-refractivity contribution is -0.121. The molecule has 0 fully saturated rings. The molecule has 2 heterocycles. The number of hydrogen-bond donors (Lipinski definition) is 2. The Kier molecular flexibility index (Phi) is 6.03. The van der Waals surface area contributed by atoms with E-state index in [0.717, 1.165) is 24.3 Å². The number of H-pyrrole nitrogens is 1. The Bertz CT molecular complexity index is 931. The lowest BCUT2D eigenvalue weighted by Crippen LogP contribution is -2.29. The third kappa shape index (κ3) is 4.91. The van der Waals surface area contributed by atoms with E-state index >= 15 is 0 Å². The Hall–Kier alpha value is -2.96. The van der Waals surface area contributed by atoms with Gasteiger partial charge >= 0.3 is 0 Å². The molecule has 0 radical (unpaired) electrons. The van der Waals surface area contributed by atoms with Gasteiger partial charge in [0, 0.05) is 37.8 Å². The molecule has 1 atom stereocenters. The molecule has 1 aromatic heterocycles. The molecule has 150 valence electrons. The van der Waals surface area contributed by atoms with Crippen LogP contribution in [-0.4, -0.2) is 45.2 Å². The maximum absolute atomic E-state index is 12.3. The van der Waals surface area contributed by atoms with Crippen LogP contribution in [0.1, 0.15) is 24.0 Å². The number of carbonyl (C=O) groups is 1. The van der Waals surface area contributed by atoms with Crippen molar-refractivity contribution in [3.63, 3.8) is 0 Å². The molecule has 0 spiro atoms. The quantitative estimate of drug-likeness (QED) is 0.586. The second-order valence-electron chi connectivity index (χ2n) is 7.42. The molecule has 1 unspecified atom stereocenters. The summed E-state index contributed by atoms with van der Waals surface area (Å²) in [5.74, 6) is 0.619. The van der Waals surface area contributed by atoms with Gasteiger partial charge in [-0.3, -0.25) is 14.8 Å². The van der Waals surface area contributed by atoms with Gasteiger partial charge in [-0.15, -0.1) is 0 Å². The number of para-hydroxylation sites is 1. The molecule has 6 heteroatoms. The molecular formula is C23H25N3O3. The zero-order valence-corrected chi connectivity index (χ0v) is 16.3. The summed E-state index contributed by atoms with van der Waals surface area (Å²) < 4.78 is 5.74. The molecule has 1 aliphatic heterocycles. The molecule has 29 heavy (non-hydrogen) atoms. The summed E-state index contributed by atoms with van der Waals surface area (Å²) in [5.41, 5.74) is 4.35. The van der Waals surface area contributed by atoms with E-state index in [1.54, 1.807) is 6.20 Å². The van der Waals surface area contributed by atoms with Crippen molar-refractivity contribution in [2.24, 2.45) is 0 Å². The summed E-state index contributed by atoms with van der Waals surface area (Å²) in [6.45, 7) is 2.28. The molecule has 4 rings (SSSR count). The minimum Gasteiger partial charge on any atom is -0.485 e. The number of β-amino-alcohol motifs (C(OH)–C–C–N with tert-alkyl or cyclic N) is 1. The van der Waals surface area contributed by atoms with Crippen LogP contribution in [0, 0.1) is 0 Å². The number of hydrogen-bond acceptors (Lipinski definition) is 5. The number of aliphatic hydroxyl groups excluding tert-OH is 1. The summed E-state index contributed by atoms with van der Waals surface area (Å²) >= 11 is 0. The number of ether oxygens (including phenoxy) is 1. The molecule has 6 nitrogen and oxygen atoms in total. The van der Waals surface area contributed by atoms with Crippen LogP contribution < -0.4 is 4.74 Å². The standard InChI is InChI=1S/C23H25N3O3/c27-19(15-26-13-17-5-1-2-6-18(17)14-26)9-10-20(28)16-29-23-8-4-3-7-21(23)22-11-12-24-25-22/h1-8,11-12,19,27H,9-10,13-16H2,(H,24,25). The first-order valence-electron chi connectivity index (χ1n) is 9.89. The van der Waals surface area contributed by atoms with Crippen molar-refractivity contribution < 1.29 is 14.6 Å². The Morgan fingerprint density at radius 2 is 1.83 bits per heavy atom. The van der Waals surface area contributed by atoms with Crippen LogP contribution in [0.15, 0.2) is 60.8 Å². The largest absolute Gasteiger partial charge is 0.485 e. The van der Waals surface area contributed by atoms with Gasteiger partial charge in [0.25, 0.3) is 0 Å². The van der Waals surface area contributed by atoms with E-state index in [0.29, 0.717) is 25.1 Å². The summed E-state index contributed by atoms with van der Waals surface area (Å²) in [5, 5.41) is 17.2. The topological polar surface area (TPSA) is 78.4 Å². The van der Waals surface area contributed by atoms with Crippen molar-refractivity contribution in [1.82, 2.24) is 15.1 Å². The van der Waals surface area contributed by atoms with Gasteiger partial charge in [-0.25, -0.2) is 0 Å². The van der Waals surface area contributed by atoms with Gasteiger partial charge in [-0.1, -0.05) is 36.4 Å². The third-order valence-corrected chi connectivity index (χ3v) is 5.20. The number of aliphatic hydroxyl groups is 1. The lowest BCUT2D eigenvalue weighted by Gasteiger charge is -2.19. The summed E-state index contributed by atoms with van der Waals surface area (Å²) in [4.78, 5) is 14.5. The molecule has 3 aromatic rings. The molecule has 0 bridgehead atoms. The van der Waals surface area contributed by atoms with Crippen molar-refractivity contribution in [1.29, 1.82) is 0 Å². The fourth-order valence-electron chi connectivity index (χ4n) is 3.70. The lowest BCUT2D eigenvalue weighted by atomic mass is 10.1. The fourth-order valence-corrected chi connectivity index (χ4v) is 3.70. The minimum atomic E-state index is -0.523. The van der Waals surface area contributed by atoms with E-state index in [2.05, 4.69) is 27.2 Å². The van der Waals surface area contributed by atoms with Gasteiger partial charge in [-0.05, 0) is 35.7 Å². The van der Waals surface area contributed by atoms with Gasteiger partial charge < -0.3 is 9.84 Å². The summed E-state index contributed by atoms with van der Waals surface area (Å²) in [7, 11) is 0. The highest BCUT2D eigenvalue weighted by Crippen LogP contribution is 2.28. The number of aromatic nitrogens is 2. The van der Waals surface area contributed by atoms with Crippen molar-refractivity contribution in [2.45, 2.75) is 32.0 Å². The molecule has 0 aliphatic carbocycles. The number of aromatic amines is 1. The molecular weight excluding hydrogens is 366 g/mol. The third-order valence-electron chi connectivity index (χ3n) is 5.20. The normalized spacial score (nSPS) is 14.5. The molecule has 2 aromatic carbocycles. The number of nitrogens with one attached hydrogen (secondary N) is 1. The predicted octanol–water partition coefficient (Wildman–Crippen LogP) is 3.18. The predicted molar refractivity (Wildman–Crippen MR) is 110 cm³/mol. The van der Waals surface area contributed by atoms with Crippen LogP contribution in [0.2, 0.25) is 0 Å². The smallest absolute Gasteiger partial charge is 0.170 e. The number of fused-ring (bicyclic) bond motifs is 1. The second kappa shape index (κ2) is 9.03. The maximum Gasteiger partial charge on any atom is 0.170 e. The van der Waals surface area contributed by atoms with Gasteiger partial charge in [0.15, 0.2) is 5.78 Å². The van der Waals surface area contributed by atoms with Gasteiger partial charge in [0.2, 0.25) is 0 Å². The van der Waals surface area contributed by atoms with Gasteiger partial charge in [0.05, 0.1) is 11.8 Å². The molecule has 0 saturated carbocycles. The highest BCUT2D eigenvalue weighted by Gasteiger charge is 2.21. The van der Waals surface area contributed by atoms with E-state index in [1.807, 2.05) is 42.5 Å². The van der Waals surface area contributed by atoms with Gasteiger partial charge in [0.1, 0.15) is 12.4 Å². The van der Waals surface area contributed by atoms with Crippen molar-refractivity contribution in [3.8, 4) is 17.0 Å². The monoisotopic (exact) mass is 391 g/mol. The zero-order chi connectivity index (χ0) is 20.1. The Labute approximate surface area is 170 Å². The van der Waals surface area contributed by atoms with Crippen molar-refractivity contribution >= 4 is 5.78 Å². The maximum atomic E-state index is 12.3. The molecule has 1 aliphatic rings. The first-order valence-corrected chi connectivity index (χ1v) is 9.89. The molecule has 2 N–H and O–H groups in total. The van der Waals surface area contributed by atoms with E-state index in [4.69, 9.17) is 4.74 Å². The second-order valence-corrected chi connectivity index (χ2v) is 7.42. The first kappa shape index (κ1) is 19.4. The van der Waals surface area contributed by atoms with E-state index in [-0.39, 0.29) is 12.4 Å². The number of nitrogens with zero attached hydrogens (tertiary/aromatic N) is 2. The number of rotatable bonds is 9. The number of benzene rings is 2. The SMILES string of the molecule is O=C(CCC(O)CN1Cc2ccccc2C1)COc1ccccc1-c1ccn[nH]1. The first-order chi connectivity index (χ1) is 14.2. The summed E-state index contributed by atoms with van der Waals surface area (Å²) in [6, 6.07) is 17.7. The van der Waals surface area contributed by atoms with Crippen molar-refractivity contribution in [2.75, 3.05) is 13.2 Å². The van der Waals surface area contributed by atoms with E-state index in [9.17, 15) is 9.90 Å². The summed E-state index contributed by atoms with van der Waals surface area (Å²) in [6.07, 6.45) is 1.90. The van der Waals surface area contributed by atoms with Crippen LogP contribution in [-0.2, 0) is 17.9 Å². The van der Waals surface area contributed by atoms with Crippen LogP contribution >= 0.6 is 0 Å². The number of carbonyl (C=O) groups excluding carboxylic acids is 1. The fraction of sp³-hybridized carbons (Fsp3) is 0.304. The number of ketones is 1. The van der Waals surface area contributed by atoms with Crippen LogP contribution in [0.3, 0.4) is 0 Å². The average molecular weight is 391 g/mol. The Morgan fingerprint density at radius 1 is 1.10 bits per heavy atom. The zero-order valence-electron chi connectivity index (χ0n) is 16.3. The van der Waals surface area contributed by atoms with Gasteiger partial charge in [-0.2, -0.15) is 5.10 Å². The highest BCUT2D eigenvalue weighted by molar-refractivity contribution is 5.80. The van der Waals surface area contributed by atoms with E-state index < -0.39 is 6.10 Å².